The van der Waals surface area contributed by atoms with Gasteiger partial charge in [-0.15, -0.1) is 0 Å². The molecule has 0 spiro atoms. The van der Waals surface area contributed by atoms with Crippen molar-refractivity contribution < 1.29 is 0 Å². The standard InChI is InChI=1S/C15H29N3.C2H6/c1-5-9-15(6-2,12-16)13-18(4)14-7-10-17(3)11-8-14;1-2/h14H,5-11,13H2,1-4H3;1-2H3. The van der Waals surface area contributed by atoms with Gasteiger partial charge in [0.15, 0.2) is 0 Å². The molecule has 0 N–H and O–H groups in total. The largest absolute Gasteiger partial charge is 0.306 e. The fourth-order valence-corrected chi connectivity index (χ4v) is 3.06. The molecule has 0 bridgehead atoms. The van der Waals surface area contributed by atoms with Gasteiger partial charge in [0, 0.05) is 12.6 Å². The lowest BCUT2D eigenvalue weighted by molar-refractivity contribution is 0.107. The maximum absolute atomic E-state index is 9.51. The van der Waals surface area contributed by atoms with Crippen LogP contribution in [-0.2, 0) is 0 Å². The second kappa shape index (κ2) is 10.2. The van der Waals surface area contributed by atoms with Crippen molar-refractivity contribution in [1.29, 1.82) is 5.26 Å². The Labute approximate surface area is 126 Å². The molecule has 1 rings (SSSR count). The van der Waals surface area contributed by atoms with Crippen LogP contribution in [0.4, 0.5) is 0 Å². The predicted molar refractivity (Wildman–Crippen MR) is 87.7 cm³/mol. The first-order chi connectivity index (χ1) is 9.56. The van der Waals surface area contributed by atoms with Crippen molar-refractivity contribution >= 4 is 0 Å². The zero-order valence-electron chi connectivity index (χ0n) is 14.6. The van der Waals surface area contributed by atoms with Gasteiger partial charge in [-0.25, -0.2) is 0 Å². The van der Waals surface area contributed by atoms with E-state index in [4.69, 9.17) is 0 Å². The molecule has 0 saturated carbocycles. The third-order valence-corrected chi connectivity index (χ3v) is 4.51. The van der Waals surface area contributed by atoms with Crippen molar-refractivity contribution in [3.05, 3.63) is 0 Å². The van der Waals surface area contributed by atoms with Gasteiger partial charge < -0.3 is 9.80 Å². The molecule has 1 aliphatic rings. The van der Waals surface area contributed by atoms with Gasteiger partial charge in [0.05, 0.1) is 11.5 Å². The van der Waals surface area contributed by atoms with Crippen molar-refractivity contribution in [3.63, 3.8) is 0 Å². The molecule has 118 valence electrons. The molecule has 1 atom stereocenters. The van der Waals surface area contributed by atoms with Gasteiger partial charge in [-0.3, -0.25) is 0 Å². The van der Waals surface area contributed by atoms with Crippen LogP contribution in [0.1, 0.15) is 59.8 Å². The molecule has 1 unspecified atom stereocenters. The van der Waals surface area contributed by atoms with Crippen LogP contribution in [0, 0.1) is 16.7 Å². The van der Waals surface area contributed by atoms with E-state index in [1.54, 1.807) is 0 Å². The van der Waals surface area contributed by atoms with Gasteiger partial charge in [-0.2, -0.15) is 5.26 Å². The number of rotatable bonds is 6. The fraction of sp³-hybridized carbons (Fsp3) is 0.941. The first-order valence-corrected chi connectivity index (χ1v) is 8.37. The normalized spacial score (nSPS) is 19.9. The minimum absolute atomic E-state index is 0.132. The lowest BCUT2D eigenvalue weighted by Gasteiger charge is -2.39. The van der Waals surface area contributed by atoms with E-state index in [-0.39, 0.29) is 5.41 Å². The summed E-state index contributed by atoms with van der Waals surface area (Å²) >= 11 is 0. The highest BCUT2D eigenvalue weighted by Gasteiger charge is 2.31. The Bertz CT molecular complexity index is 276. The van der Waals surface area contributed by atoms with Crippen LogP contribution < -0.4 is 0 Å². The third-order valence-electron chi connectivity index (χ3n) is 4.51. The van der Waals surface area contributed by atoms with Gasteiger partial charge in [-0.1, -0.05) is 34.1 Å². The second-order valence-corrected chi connectivity index (χ2v) is 5.95. The summed E-state index contributed by atoms with van der Waals surface area (Å²) in [6.07, 6.45) is 5.57. The van der Waals surface area contributed by atoms with Gasteiger partial charge in [0.1, 0.15) is 0 Å². The van der Waals surface area contributed by atoms with E-state index in [0.717, 1.165) is 25.8 Å². The average molecular weight is 281 g/mol. The summed E-state index contributed by atoms with van der Waals surface area (Å²) in [7, 11) is 4.40. The van der Waals surface area contributed by atoms with Crippen molar-refractivity contribution in [2.75, 3.05) is 33.7 Å². The molecule has 20 heavy (non-hydrogen) atoms. The fourth-order valence-electron chi connectivity index (χ4n) is 3.06. The van der Waals surface area contributed by atoms with Crippen LogP contribution in [0.2, 0.25) is 0 Å². The van der Waals surface area contributed by atoms with E-state index in [2.05, 4.69) is 43.8 Å². The first-order valence-electron chi connectivity index (χ1n) is 8.37. The number of nitrogens with zero attached hydrogens (tertiary/aromatic N) is 3. The Morgan fingerprint density at radius 2 is 1.80 bits per heavy atom. The molecule has 3 heteroatoms. The van der Waals surface area contributed by atoms with E-state index < -0.39 is 0 Å². The predicted octanol–water partition coefficient (Wildman–Crippen LogP) is 3.76. The van der Waals surface area contributed by atoms with Crippen LogP contribution in [0.25, 0.3) is 0 Å². The highest BCUT2D eigenvalue weighted by molar-refractivity contribution is 5.00. The van der Waals surface area contributed by atoms with Gasteiger partial charge in [0.2, 0.25) is 0 Å². The summed E-state index contributed by atoms with van der Waals surface area (Å²) in [5.41, 5.74) is -0.132. The topological polar surface area (TPSA) is 30.3 Å². The Morgan fingerprint density at radius 3 is 2.20 bits per heavy atom. The molecular formula is C17H35N3. The number of hydrogen-bond donors (Lipinski definition) is 0. The lowest BCUT2D eigenvalue weighted by Crippen LogP contribution is -2.45. The van der Waals surface area contributed by atoms with E-state index >= 15 is 0 Å². The van der Waals surface area contributed by atoms with E-state index in [1.165, 1.54) is 25.9 Å². The van der Waals surface area contributed by atoms with Crippen LogP contribution in [0.3, 0.4) is 0 Å². The van der Waals surface area contributed by atoms with Crippen LogP contribution >= 0.6 is 0 Å². The monoisotopic (exact) mass is 281 g/mol. The van der Waals surface area contributed by atoms with Crippen molar-refractivity contribution in [2.24, 2.45) is 5.41 Å². The molecule has 1 saturated heterocycles. The zero-order valence-corrected chi connectivity index (χ0v) is 14.6. The summed E-state index contributed by atoms with van der Waals surface area (Å²) in [5, 5.41) is 9.51. The molecule has 0 radical (unpaired) electrons. The molecule has 1 heterocycles. The highest BCUT2D eigenvalue weighted by Crippen LogP contribution is 2.29. The van der Waals surface area contributed by atoms with Crippen LogP contribution in [0.15, 0.2) is 0 Å². The summed E-state index contributed by atoms with van der Waals surface area (Å²) in [5.74, 6) is 0. The molecular weight excluding hydrogens is 246 g/mol. The van der Waals surface area contributed by atoms with Gasteiger partial charge in [-0.05, 0) is 52.9 Å². The summed E-state index contributed by atoms with van der Waals surface area (Å²) in [4.78, 5) is 4.84. The Morgan fingerprint density at radius 1 is 1.25 bits per heavy atom. The van der Waals surface area contributed by atoms with Gasteiger partial charge >= 0.3 is 0 Å². The smallest absolute Gasteiger partial charge is 0.0703 e. The molecule has 0 amide bonds. The number of piperidine rings is 1. The van der Waals surface area contributed by atoms with Crippen molar-refractivity contribution in [2.45, 2.75) is 65.8 Å². The molecule has 0 aromatic carbocycles. The summed E-state index contributed by atoms with van der Waals surface area (Å²) in [6.45, 7) is 11.6. The Hall–Kier alpha value is -0.590. The van der Waals surface area contributed by atoms with E-state index in [9.17, 15) is 5.26 Å². The van der Waals surface area contributed by atoms with E-state index in [1.807, 2.05) is 13.8 Å². The second-order valence-electron chi connectivity index (χ2n) is 5.95. The average Bonchev–Trinajstić information content (AvgIpc) is 2.49. The zero-order chi connectivity index (χ0) is 15.6. The molecule has 0 aromatic heterocycles. The number of likely N-dealkylation sites (tertiary alicyclic amines) is 1. The van der Waals surface area contributed by atoms with Gasteiger partial charge in [0.25, 0.3) is 0 Å². The lowest BCUT2D eigenvalue weighted by atomic mass is 9.81. The third kappa shape index (κ3) is 5.81. The molecule has 1 aliphatic heterocycles. The van der Waals surface area contributed by atoms with E-state index in [0.29, 0.717) is 6.04 Å². The minimum Gasteiger partial charge on any atom is -0.306 e. The number of nitriles is 1. The maximum atomic E-state index is 9.51. The number of hydrogen-bond acceptors (Lipinski definition) is 3. The van der Waals surface area contributed by atoms with Crippen molar-refractivity contribution in [3.8, 4) is 6.07 Å². The maximum Gasteiger partial charge on any atom is 0.0703 e. The Kier molecular flexibility index (Phi) is 9.88. The van der Waals surface area contributed by atoms with Crippen molar-refractivity contribution in [1.82, 2.24) is 9.80 Å². The highest BCUT2D eigenvalue weighted by atomic mass is 15.2. The molecule has 3 nitrogen and oxygen atoms in total. The minimum atomic E-state index is -0.132. The molecule has 0 aliphatic carbocycles. The molecule has 0 aromatic rings. The first kappa shape index (κ1) is 19.4. The van der Waals surface area contributed by atoms with Crippen LogP contribution in [-0.4, -0.2) is 49.6 Å². The molecule has 1 fully saturated rings. The quantitative estimate of drug-likeness (QED) is 0.742. The Balaban J connectivity index is 0.00000172. The summed E-state index contributed by atoms with van der Waals surface area (Å²) < 4.78 is 0. The van der Waals surface area contributed by atoms with Crippen LogP contribution in [0.5, 0.6) is 0 Å². The summed E-state index contributed by atoms with van der Waals surface area (Å²) in [6, 6.07) is 3.26. The SMILES string of the molecule is CC.CCCC(C#N)(CC)CN(C)C1CCN(C)CC1.